The van der Waals surface area contributed by atoms with Gasteiger partial charge < -0.3 is 10.1 Å². The Morgan fingerprint density at radius 3 is 2.46 bits per heavy atom. The number of anilines is 1. The van der Waals surface area contributed by atoms with Gasteiger partial charge in [0, 0.05) is 10.9 Å². The lowest BCUT2D eigenvalue weighted by Gasteiger charge is -2.08. The summed E-state index contributed by atoms with van der Waals surface area (Å²) in [6, 6.07) is 9.95. The van der Waals surface area contributed by atoms with Crippen LogP contribution < -0.4 is 5.32 Å². The van der Waals surface area contributed by atoms with Gasteiger partial charge in [0.05, 0.1) is 5.69 Å². The van der Waals surface area contributed by atoms with Crippen LogP contribution in [0.1, 0.15) is 12.0 Å². The van der Waals surface area contributed by atoms with E-state index in [9.17, 15) is 18.4 Å². The highest BCUT2D eigenvalue weighted by Gasteiger charge is 2.10. The first kappa shape index (κ1) is 18.1. The molecule has 126 valence electrons. The number of carbonyl (C=O) groups is 2. The third-order valence-corrected chi connectivity index (χ3v) is 3.59. The lowest BCUT2D eigenvalue weighted by atomic mass is 10.1. The van der Waals surface area contributed by atoms with Crippen molar-refractivity contribution in [2.45, 2.75) is 12.8 Å². The Morgan fingerprint density at radius 2 is 1.79 bits per heavy atom. The normalized spacial score (nSPS) is 10.3. The molecule has 0 radical (unpaired) electrons. The monoisotopic (exact) mass is 397 g/mol. The Labute approximate surface area is 145 Å². The Hall–Kier alpha value is -2.28. The van der Waals surface area contributed by atoms with Crippen LogP contribution in [0.15, 0.2) is 46.9 Å². The average Bonchev–Trinajstić information content (AvgIpc) is 2.55. The number of halogens is 3. The maximum Gasteiger partial charge on any atom is 0.306 e. The molecule has 1 amide bonds. The summed E-state index contributed by atoms with van der Waals surface area (Å²) >= 11 is 3.11. The van der Waals surface area contributed by atoms with E-state index < -0.39 is 24.3 Å². The van der Waals surface area contributed by atoms with Gasteiger partial charge in [-0.2, -0.15) is 0 Å². The second-order valence-corrected chi connectivity index (χ2v) is 5.88. The summed E-state index contributed by atoms with van der Waals surface area (Å²) in [6.45, 7) is -0.502. The van der Waals surface area contributed by atoms with Crippen LogP contribution in [0.25, 0.3) is 0 Å². The molecule has 2 rings (SSSR count). The van der Waals surface area contributed by atoms with Crippen molar-refractivity contribution in [3.05, 3.63) is 64.1 Å². The summed E-state index contributed by atoms with van der Waals surface area (Å²) < 4.78 is 31.7. The molecule has 7 heteroatoms. The van der Waals surface area contributed by atoms with E-state index in [4.69, 9.17) is 4.74 Å². The molecule has 2 aromatic rings. The van der Waals surface area contributed by atoms with Crippen molar-refractivity contribution in [2.75, 3.05) is 11.9 Å². The Morgan fingerprint density at radius 1 is 1.08 bits per heavy atom. The van der Waals surface area contributed by atoms with Crippen molar-refractivity contribution < 1.29 is 23.1 Å². The first-order valence-electron chi connectivity index (χ1n) is 7.09. The van der Waals surface area contributed by atoms with Gasteiger partial charge in [-0.1, -0.05) is 28.1 Å². The minimum absolute atomic E-state index is 0.00515. The molecule has 0 heterocycles. The topological polar surface area (TPSA) is 55.4 Å². The maximum absolute atomic E-state index is 13.6. The second-order valence-electron chi connectivity index (χ2n) is 4.96. The molecule has 0 saturated heterocycles. The largest absolute Gasteiger partial charge is 0.456 e. The molecular weight excluding hydrogens is 384 g/mol. The number of aryl methyl sites for hydroxylation is 1. The van der Waals surface area contributed by atoms with Gasteiger partial charge in [-0.15, -0.1) is 0 Å². The number of rotatable bonds is 6. The average molecular weight is 398 g/mol. The van der Waals surface area contributed by atoms with Crippen LogP contribution in [-0.2, 0) is 20.7 Å². The zero-order chi connectivity index (χ0) is 17.5. The van der Waals surface area contributed by atoms with Gasteiger partial charge in [0.25, 0.3) is 5.91 Å². The third kappa shape index (κ3) is 5.73. The van der Waals surface area contributed by atoms with Gasteiger partial charge in [0.2, 0.25) is 0 Å². The summed E-state index contributed by atoms with van der Waals surface area (Å²) in [5.74, 6) is -2.14. The van der Waals surface area contributed by atoms with E-state index in [2.05, 4.69) is 21.2 Å². The van der Waals surface area contributed by atoms with Crippen molar-refractivity contribution in [2.24, 2.45) is 0 Å². The number of nitrogens with one attached hydrogen (secondary N) is 1. The quantitative estimate of drug-likeness (QED) is 0.753. The molecule has 0 spiro atoms. The molecule has 1 N–H and O–H groups in total. The number of benzene rings is 2. The Balaban J connectivity index is 1.74. The molecule has 0 unspecified atom stereocenters. The summed E-state index contributed by atoms with van der Waals surface area (Å²) in [7, 11) is 0. The zero-order valence-corrected chi connectivity index (χ0v) is 14.1. The molecule has 0 fully saturated rings. The van der Waals surface area contributed by atoms with E-state index in [1.807, 2.05) is 0 Å². The smallest absolute Gasteiger partial charge is 0.306 e. The van der Waals surface area contributed by atoms with Crippen molar-refractivity contribution in [3.8, 4) is 0 Å². The number of amides is 1. The van der Waals surface area contributed by atoms with Crippen LogP contribution in [0.3, 0.4) is 0 Å². The molecule has 2 aromatic carbocycles. The van der Waals surface area contributed by atoms with Gasteiger partial charge >= 0.3 is 5.97 Å². The van der Waals surface area contributed by atoms with E-state index >= 15 is 0 Å². The van der Waals surface area contributed by atoms with Crippen molar-refractivity contribution in [1.29, 1.82) is 0 Å². The van der Waals surface area contributed by atoms with Crippen LogP contribution in [0.2, 0.25) is 0 Å². The predicted molar refractivity (Wildman–Crippen MR) is 88.4 cm³/mol. The fraction of sp³-hybridized carbons (Fsp3) is 0.176. The fourth-order valence-electron chi connectivity index (χ4n) is 1.89. The van der Waals surface area contributed by atoms with E-state index in [-0.39, 0.29) is 17.9 Å². The number of hydrogen-bond acceptors (Lipinski definition) is 3. The minimum atomic E-state index is -0.633. The van der Waals surface area contributed by atoms with Crippen LogP contribution in [0.5, 0.6) is 0 Å². The second kappa shape index (κ2) is 8.54. The zero-order valence-electron chi connectivity index (χ0n) is 12.5. The molecule has 0 aliphatic carbocycles. The highest BCUT2D eigenvalue weighted by Crippen LogP contribution is 2.19. The van der Waals surface area contributed by atoms with Gasteiger partial charge in [0.1, 0.15) is 11.6 Å². The SMILES string of the molecule is O=C(COC(=O)CCc1ccc(F)cc1)Nc1ccc(Br)cc1F. The van der Waals surface area contributed by atoms with Crippen molar-refractivity contribution >= 4 is 33.5 Å². The van der Waals surface area contributed by atoms with Crippen molar-refractivity contribution in [3.63, 3.8) is 0 Å². The molecule has 0 aliphatic rings. The summed E-state index contributed by atoms with van der Waals surface area (Å²) in [6.07, 6.45) is 0.438. The molecule has 0 bridgehead atoms. The first-order valence-corrected chi connectivity index (χ1v) is 7.88. The van der Waals surface area contributed by atoms with Crippen LogP contribution in [0.4, 0.5) is 14.5 Å². The van der Waals surface area contributed by atoms with Gasteiger partial charge in [-0.3, -0.25) is 9.59 Å². The number of hydrogen-bond donors (Lipinski definition) is 1. The van der Waals surface area contributed by atoms with E-state index in [1.54, 1.807) is 18.2 Å². The lowest BCUT2D eigenvalue weighted by Crippen LogP contribution is -2.21. The molecule has 0 aliphatic heterocycles. The number of esters is 1. The molecular formula is C17H14BrF2NO3. The summed E-state index contributed by atoms with van der Waals surface area (Å²) in [4.78, 5) is 23.3. The molecule has 24 heavy (non-hydrogen) atoms. The Bertz CT molecular complexity index is 735. The van der Waals surface area contributed by atoms with E-state index in [0.717, 1.165) is 5.56 Å². The minimum Gasteiger partial charge on any atom is -0.456 e. The molecule has 4 nitrogen and oxygen atoms in total. The summed E-state index contributed by atoms with van der Waals surface area (Å²) in [5.41, 5.74) is 0.792. The predicted octanol–water partition coefficient (Wildman–Crippen LogP) is 3.84. The van der Waals surface area contributed by atoms with Crippen LogP contribution >= 0.6 is 15.9 Å². The standard InChI is InChI=1S/C17H14BrF2NO3/c18-12-4-7-15(14(20)9-12)21-16(22)10-24-17(23)8-3-11-1-5-13(19)6-2-11/h1-2,4-7,9H,3,8,10H2,(H,21,22). The lowest BCUT2D eigenvalue weighted by molar-refractivity contribution is -0.147. The van der Waals surface area contributed by atoms with Gasteiger partial charge in [-0.25, -0.2) is 8.78 Å². The van der Waals surface area contributed by atoms with Crippen LogP contribution in [-0.4, -0.2) is 18.5 Å². The van der Waals surface area contributed by atoms with E-state index in [1.165, 1.54) is 24.3 Å². The Kier molecular flexibility index (Phi) is 6.43. The van der Waals surface area contributed by atoms with Gasteiger partial charge in [0.15, 0.2) is 6.61 Å². The molecule has 0 aromatic heterocycles. The number of ether oxygens (including phenoxy) is 1. The fourth-order valence-corrected chi connectivity index (χ4v) is 2.23. The maximum atomic E-state index is 13.6. The van der Waals surface area contributed by atoms with Gasteiger partial charge in [-0.05, 0) is 42.3 Å². The summed E-state index contributed by atoms with van der Waals surface area (Å²) in [5, 5.41) is 2.32. The van der Waals surface area contributed by atoms with Crippen molar-refractivity contribution in [1.82, 2.24) is 0 Å². The third-order valence-electron chi connectivity index (χ3n) is 3.10. The molecule has 0 saturated carbocycles. The number of carbonyl (C=O) groups excluding carboxylic acids is 2. The first-order chi connectivity index (χ1) is 11.4. The van der Waals surface area contributed by atoms with Crippen LogP contribution in [0, 0.1) is 11.6 Å². The highest BCUT2D eigenvalue weighted by molar-refractivity contribution is 9.10. The van der Waals surface area contributed by atoms with E-state index in [0.29, 0.717) is 10.9 Å². The highest BCUT2D eigenvalue weighted by atomic mass is 79.9. The molecule has 0 atom stereocenters.